The van der Waals surface area contributed by atoms with E-state index in [4.69, 9.17) is 5.14 Å². The summed E-state index contributed by atoms with van der Waals surface area (Å²) in [6.45, 7) is 5.33. The largest absolute Gasteiger partial charge is 0.310 e. The lowest BCUT2D eigenvalue weighted by atomic mass is 9.98. The number of sulfonamides is 1. The van der Waals surface area contributed by atoms with Crippen molar-refractivity contribution in [1.82, 2.24) is 5.32 Å². The molecule has 1 heterocycles. The topological polar surface area (TPSA) is 109 Å². The zero-order valence-electron chi connectivity index (χ0n) is 16.1. The van der Waals surface area contributed by atoms with E-state index in [-0.39, 0.29) is 11.6 Å². The number of nitrogens with zero attached hydrogens (tertiary/aromatic N) is 3. The summed E-state index contributed by atoms with van der Waals surface area (Å²) in [7, 11) is -3.93. The van der Waals surface area contributed by atoms with Crippen LogP contribution in [0.25, 0.3) is 11.1 Å². The third kappa shape index (κ3) is 4.70. The molecule has 1 unspecified atom stereocenters. The van der Waals surface area contributed by atoms with Gasteiger partial charge in [0.2, 0.25) is 10.0 Å². The Labute approximate surface area is 165 Å². The molecule has 0 amide bonds. The Kier molecular flexibility index (Phi) is 6.33. The van der Waals surface area contributed by atoms with Crippen molar-refractivity contribution in [3.05, 3.63) is 53.6 Å². The summed E-state index contributed by atoms with van der Waals surface area (Å²) >= 11 is 0. The standard InChI is InChI=1S/C20H25N5O2S/c1-3-5-14(2)22-12-15-8-10-16(11-9-15)17-6-4-7-18(28(21,26)27)19(17)20-23-13-24-25-20/h4,6-11,14,22H,3,5,12-13H2,1-2H3,(H2,21,26,27). The van der Waals surface area contributed by atoms with Gasteiger partial charge in [-0.2, -0.15) is 5.11 Å². The predicted octanol–water partition coefficient (Wildman–Crippen LogP) is 3.45. The summed E-state index contributed by atoms with van der Waals surface area (Å²) in [5.74, 6) is 0.291. The van der Waals surface area contributed by atoms with Gasteiger partial charge in [-0.05, 0) is 36.1 Å². The molecule has 3 rings (SSSR count). The minimum absolute atomic E-state index is 0.00346. The molecule has 2 aromatic rings. The fourth-order valence-electron chi connectivity index (χ4n) is 3.23. The summed E-state index contributed by atoms with van der Waals surface area (Å²) in [4.78, 5) is 4.21. The molecule has 8 heteroatoms. The van der Waals surface area contributed by atoms with Gasteiger partial charge < -0.3 is 5.32 Å². The molecule has 3 N–H and O–H groups in total. The fraction of sp³-hybridized carbons (Fsp3) is 0.350. The molecule has 0 spiro atoms. The van der Waals surface area contributed by atoms with Crippen LogP contribution in [0.5, 0.6) is 0 Å². The summed E-state index contributed by atoms with van der Waals surface area (Å²) < 4.78 is 24.2. The van der Waals surface area contributed by atoms with Crippen molar-refractivity contribution in [3.8, 4) is 11.1 Å². The predicted molar refractivity (Wildman–Crippen MR) is 111 cm³/mol. The summed E-state index contributed by atoms with van der Waals surface area (Å²) in [5.41, 5.74) is 3.14. The highest BCUT2D eigenvalue weighted by molar-refractivity contribution is 7.89. The number of hydrogen-bond acceptors (Lipinski definition) is 6. The Bertz CT molecular complexity index is 998. The first-order valence-electron chi connectivity index (χ1n) is 9.31. The molecule has 0 fully saturated rings. The first-order valence-corrected chi connectivity index (χ1v) is 10.9. The van der Waals surface area contributed by atoms with Gasteiger partial charge in [-0.15, -0.1) is 5.11 Å². The van der Waals surface area contributed by atoms with Crippen molar-refractivity contribution in [2.45, 2.75) is 44.2 Å². The van der Waals surface area contributed by atoms with Crippen LogP contribution in [-0.4, -0.2) is 27.0 Å². The highest BCUT2D eigenvalue weighted by Crippen LogP contribution is 2.30. The molecular weight excluding hydrogens is 374 g/mol. The molecule has 7 nitrogen and oxygen atoms in total. The lowest BCUT2D eigenvalue weighted by molar-refractivity contribution is 0.508. The van der Waals surface area contributed by atoms with Gasteiger partial charge in [-0.25, -0.2) is 18.5 Å². The van der Waals surface area contributed by atoms with Gasteiger partial charge in [0.15, 0.2) is 12.5 Å². The maximum Gasteiger partial charge on any atom is 0.238 e. The highest BCUT2D eigenvalue weighted by atomic mass is 32.2. The second-order valence-electron chi connectivity index (χ2n) is 6.86. The lowest BCUT2D eigenvalue weighted by Gasteiger charge is -2.14. The maximum absolute atomic E-state index is 12.1. The second-order valence-corrected chi connectivity index (χ2v) is 8.39. The molecule has 0 aliphatic carbocycles. The average Bonchev–Trinajstić information content (AvgIpc) is 3.20. The van der Waals surface area contributed by atoms with Crippen LogP contribution in [0, 0.1) is 0 Å². The molecule has 2 aromatic carbocycles. The van der Waals surface area contributed by atoms with Crippen LogP contribution in [0.4, 0.5) is 0 Å². The Balaban J connectivity index is 1.94. The minimum atomic E-state index is -3.93. The summed E-state index contributed by atoms with van der Waals surface area (Å²) in [5, 5.41) is 16.8. The molecule has 0 saturated carbocycles. The van der Waals surface area contributed by atoms with Crippen molar-refractivity contribution in [2.24, 2.45) is 20.4 Å². The van der Waals surface area contributed by atoms with Crippen molar-refractivity contribution in [3.63, 3.8) is 0 Å². The third-order valence-corrected chi connectivity index (χ3v) is 5.60. The first-order chi connectivity index (χ1) is 13.4. The van der Waals surface area contributed by atoms with Crippen LogP contribution in [0.1, 0.15) is 37.8 Å². The fourth-order valence-corrected chi connectivity index (χ4v) is 3.98. The van der Waals surface area contributed by atoms with Gasteiger partial charge in [0.05, 0.1) is 4.90 Å². The number of amidine groups is 1. The van der Waals surface area contributed by atoms with Crippen LogP contribution in [-0.2, 0) is 16.6 Å². The van der Waals surface area contributed by atoms with Gasteiger partial charge in [0, 0.05) is 18.2 Å². The van der Waals surface area contributed by atoms with Crippen LogP contribution < -0.4 is 10.5 Å². The van der Waals surface area contributed by atoms with E-state index in [9.17, 15) is 8.42 Å². The maximum atomic E-state index is 12.1. The molecule has 0 radical (unpaired) electrons. The zero-order chi connectivity index (χ0) is 20.1. The van der Waals surface area contributed by atoms with E-state index in [2.05, 4.69) is 34.4 Å². The van der Waals surface area contributed by atoms with Crippen molar-refractivity contribution in [1.29, 1.82) is 0 Å². The molecule has 0 bridgehead atoms. The van der Waals surface area contributed by atoms with Crippen LogP contribution in [0.15, 0.2) is 62.6 Å². The van der Waals surface area contributed by atoms with Crippen LogP contribution in [0.3, 0.4) is 0 Å². The van der Waals surface area contributed by atoms with Gasteiger partial charge in [-0.3, -0.25) is 0 Å². The Morgan fingerprint density at radius 2 is 1.93 bits per heavy atom. The van der Waals surface area contributed by atoms with Gasteiger partial charge in [0.25, 0.3) is 0 Å². The molecule has 0 saturated heterocycles. The normalized spacial score (nSPS) is 14.9. The van der Waals surface area contributed by atoms with Crippen molar-refractivity contribution < 1.29 is 8.42 Å². The van der Waals surface area contributed by atoms with Gasteiger partial charge >= 0.3 is 0 Å². The Hall–Kier alpha value is -2.42. The van der Waals surface area contributed by atoms with Crippen molar-refractivity contribution >= 4 is 15.9 Å². The minimum Gasteiger partial charge on any atom is -0.310 e. The molecule has 1 aliphatic heterocycles. The lowest BCUT2D eigenvalue weighted by Crippen LogP contribution is -2.25. The van der Waals surface area contributed by atoms with Gasteiger partial charge in [0.1, 0.15) is 0 Å². The van der Waals surface area contributed by atoms with E-state index in [1.807, 2.05) is 30.3 Å². The van der Waals surface area contributed by atoms with E-state index in [0.29, 0.717) is 23.0 Å². The molecule has 1 atom stereocenters. The molecular formula is C20H25N5O2S. The SMILES string of the molecule is CCCC(C)NCc1ccc(-c2cccc(S(N)(=O)=O)c2C2=NCN=N2)cc1. The second kappa shape index (κ2) is 8.72. The number of primary sulfonamides is 1. The Morgan fingerprint density at radius 1 is 1.18 bits per heavy atom. The van der Waals surface area contributed by atoms with Gasteiger partial charge in [-0.1, -0.05) is 49.7 Å². The van der Waals surface area contributed by atoms with E-state index in [1.54, 1.807) is 6.07 Å². The number of nitrogens with two attached hydrogens (primary N) is 1. The quantitative estimate of drug-likeness (QED) is 0.709. The number of hydrogen-bond donors (Lipinski definition) is 2. The zero-order valence-corrected chi connectivity index (χ0v) is 16.9. The molecule has 28 heavy (non-hydrogen) atoms. The highest BCUT2D eigenvalue weighted by Gasteiger charge is 2.23. The summed E-state index contributed by atoms with van der Waals surface area (Å²) in [6.07, 6.45) is 2.29. The smallest absolute Gasteiger partial charge is 0.238 e. The number of aliphatic imine (C=N–C) groups is 1. The number of benzene rings is 2. The molecule has 1 aliphatic rings. The van der Waals surface area contributed by atoms with E-state index >= 15 is 0 Å². The first kappa shape index (κ1) is 20.3. The monoisotopic (exact) mass is 399 g/mol. The number of rotatable bonds is 8. The van der Waals surface area contributed by atoms with E-state index < -0.39 is 10.0 Å². The van der Waals surface area contributed by atoms with Crippen LogP contribution >= 0.6 is 0 Å². The third-order valence-electron chi connectivity index (χ3n) is 4.65. The van der Waals surface area contributed by atoms with E-state index in [0.717, 1.165) is 30.5 Å². The average molecular weight is 400 g/mol. The summed E-state index contributed by atoms with van der Waals surface area (Å²) in [6, 6.07) is 13.5. The van der Waals surface area contributed by atoms with E-state index in [1.165, 1.54) is 6.07 Å². The molecule has 0 aromatic heterocycles. The number of azo groups is 1. The van der Waals surface area contributed by atoms with Crippen LogP contribution in [0.2, 0.25) is 0 Å². The number of nitrogens with one attached hydrogen (secondary N) is 1. The Morgan fingerprint density at radius 3 is 2.54 bits per heavy atom. The van der Waals surface area contributed by atoms with Crippen molar-refractivity contribution in [2.75, 3.05) is 6.67 Å². The molecule has 148 valence electrons.